The molecule has 0 amide bonds. The van der Waals surface area contributed by atoms with Crippen LogP contribution < -0.4 is 4.74 Å². The summed E-state index contributed by atoms with van der Waals surface area (Å²) in [6.45, 7) is 4.49. The number of pyridine rings is 1. The van der Waals surface area contributed by atoms with Crippen LogP contribution in [0.15, 0.2) is 42.6 Å². The average Bonchev–Trinajstić information content (AvgIpc) is 2.84. The van der Waals surface area contributed by atoms with E-state index in [1.807, 2.05) is 30.5 Å². The Balaban J connectivity index is 1.66. The van der Waals surface area contributed by atoms with Crippen molar-refractivity contribution in [1.29, 1.82) is 0 Å². The van der Waals surface area contributed by atoms with Crippen molar-refractivity contribution in [3.8, 4) is 17.0 Å². The molecule has 2 rings (SSSR count). The van der Waals surface area contributed by atoms with Crippen molar-refractivity contribution in [2.24, 2.45) is 0 Å². The summed E-state index contributed by atoms with van der Waals surface area (Å²) >= 11 is 0. The zero-order valence-corrected chi connectivity index (χ0v) is 21.1. The second-order valence-corrected chi connectivity index (χ2v) is 9.29. The molecule has 0 spiro atoms. The normalized spacial score (nSPS) is 11.0. The highest BCUT2D eigenvalue weighted by molar-refractivity contribution is 5.72. The van der Waals surface area contributed by atoms with Gasteiger partial charge in [-0.1, -0.05) is 97.0 Å². The molecule has 2 aromatic rings. The highest BCUT2D eigenvalue weighted by Gasteiger charge is 2.06. The van der Waals surface area contributed by atoms with Crippen molar-refractivity contribution in [2.45, 2.75) is 117 Å². The SMILES string of the molecule is CCCCCCCCCC(=O)Oc1ccc(-c2ccc(CCCCCCCCC)cn2)cc1. The molecule has 0 unspecified atom stereocenters. The van der Waals surface area contributed by atoms with Crippen LogP contribution in [-0.2, 0) is 11.2 Å². The first-order valence-corrected chi connectivity index (χ1v) is 13.5. The van der Waals surface area contributed by atoms with Crippen LogP contribution in [-0.4, -0.2) is 11.0 Å². The fourth-order valence-corrected chi connectivity index (χ4v) is 4.13. The monoisotopic (exact) mass is 451 g/mol. The molecule has 0 radical (unpaired) electrons. The molecule has 182 valence electrons. The average molecular weight is 452 g/mol. The molecule has 3 nitrogen and oxygen atoms in total. The summed E-state index contributed by atoms with van der Waals surface area (Å²) < 4.78 is 5.50. The second kappa shape index (κ2) is 17.3. The Morgan fingerprint density at radius 3 is 1.85 bits per heavy atom. The standard InChI is InChI=1S/C30H45NO2/c1-3-5-7-9-11-13-15-17-26-19-24-29(31-25-26)27-20-22-28(23-21-27)33-30(32)18-16-14-12-10-8-6-4-2/h19-25H,3-18H2,1-2H3. The van der Waals surface area contributed by atoms with Crippen LogP contribution in [0.1, 0.15) is 116 Å². The molecule has 0 aliphatic rings. The third-order valence-corrected chi connectivity index (χ3v) is 6.26. The van der Waals surface area contributed by atoms with Gasteiger partial charge in [0, 0.05) is 18.2 Å². The van der Waals surface area contributed by atoms with E-state index < -0.39 is 0 Å². The lowest BCUT2D eigenvalue weighted by Crippen LogP contribution is -2.07. The van der Waals surface area contributed by atoms with E-state index in [-0.39, 0.29) is 5.97 Å². The first kappa shape index (κ1) is 27.1. The quantitative estimate of drug-likeness (QED) is 0.129. The predicted octanol–water partition coefficient (Wildman–Crippen LogP) is 9.09. The number of unbranched alkanes of at least 4 members (excludes halogenated alkanes) is 12. The number of carbonyl (C=O) groups excluding carboxylic acids is 1. The largest absolute Gasteiger partial charge is 0.427 e. The molecule has 0 saturated carbocycles. The molecule has 0 saturated heterocycles. The number of benzene rings is 1. The number of nitrogens with zero attached hydrogens (tertiary/aromatic N) is 1. The van der Waals surface area contributed by atoms with E-state index in [9.17, 15) is 4.79 Å². The zero-order valence-electron chi connectivity index (χ0n) is 21.1. The van der Waals surface area contributed by atoms with E-state index in [2.05, 4.69) is 31.0 Å². The molecular formula is C30H45NO2. The number of aryl methyl sites for hydroxylation is 1. The van der Waals surface area contributed by atoms with Gasteiger partial charge in [0.15, 0.2) is 0 Å². The van der Waals surface area contributed by atoms with Gasteiger partial charge in [0.25, 0.3) is 0 Å². The maximum Gasteiger partial charge on any atom is 0.311 e. The van der Waals surface area contributed by atoms with Gasteiger partial charge in [0.1, 0.15) is 5.75 Å². The van der Waals surface area contributed by atoms with Crippen LogP contribution >= 0.6 is 0 Å². The number of hydrogen-bond donors (Lipinski definition) is 0. The summed E-state index contributed by atoms with van der Waals surface area (Å²) in [6.07, 6.45) is 21.3. The maximum absolute atomic E-state index is 12.1. The van der Waals surface area contributed by atoms with Crippen LogP contribution in [0, 0.1) is 0 Å². The van der Waals surface area contributed by atoms with Gasteiger partial charge in [-0.25, -0.2) is 0 Å². The van der Waals surface area contributed by atoms with Gasteiger partial charge in [-0.3, -0.25) is 9.78 Å². The molecule has 3 heteroatoms. The minimum Gasteiger partial charge on any atom is -0.427 e. The van der Waals surface area contributed by atoms with E-state index >= 15 is 0 Å². The molecule has 0 N–H and O–H groups in total. The third-order valence-electron chi connectivity index (χ3n) is 6.26. The summed E-state index contributed by atoms with van der Waals surface area (Å²) in [4.78, 5) is 16.7. The molecule has 0 bridgehead atoms. The number of carbonyl (C=O) groups is 1. The van der Waals surface area contributed by atoms with Crippen LogP contribution in [0.25, 0.3) is 11.3 Å². The van der Waals surface area contributed by atoms with Gasteiger partial charge in [-0.05, 0) is 55.2 Å². The highest BCUT2D eigenvalue weighted by atomic mass is 16.5. The van der Waals surface area contributed by atoms with Crippen molar-refractivity contribution < 1.29 is 9.53 Å². The van der Waals surface area contributed by atoms with Gasteiger partial charge in [0.05, 0.1) is 5.69 Å². The van der Waals surface area contributed by atoms with Gasteiger partial charge in [0.2, 0.25) is 0 Å². The molecule has 1 aromatic heterocycles. The summed E-state index contributed by atoms with van der Waals surface area (Å²) in [5.74, 6) is 0.478. The molecule has 0 atom stereocenters. The Labute approximate surface area is 202 Å². The van der Waals surface area contributed by atoms with Crippen LogP contribution in [0.3, 0.4) is 0 Å². The number of aromatic nitrogens is 1. The number of ether oxygens (including phenoxy) is 1. The van der Waals surface area contributed by atoms with E-state index in [1.165, 1.54) is 82.6 Å². The second-order valence-electron chi connectivity index (χ2n) is 9.29. The van der Waals surface area contributed by atoms with Gasteiger partial charge in [-0.2, -0.15) is 0 Å². The first-order chi connectivity index (χ1) is 16.2. The highest BCUT2D eigenvalue weighted by Crippen LogP contribution is 2.22. The van der Waals surface area contributed by atoms with Crippen molar-refractivity contribution in [1.82, 2.24) is 4.98 Å². The van der Waals surface area contributed by atoms with Crippen molar-refractivity contribution in [3.05, 3.63) is 48.2 Å². The van der Waals surface area contributed by atoms with Gasteiger partial charge < -0.3 is 4.74 Å². The van der Waals surface area contributed by atoms with Crippen molar-refractivity contribution in [2.75, 3.05) is 0 Å². The van der Waals surface area contributed by atoms with E-state index in [0.29, 0.717) is 12.2 Å². The minimum absolute atomic E-state index is 0.135. The van der Waals surface area contributed by atoms with Gasteiger partial charge in [-0.15, -0.1) is 0 Å². The summed E-state index contributed by atoms with van der Waals surface area (Å²) in [7, 11) is 0. The number of hydrogen-bond acceptors (Lipinski definition) is 3. The molecule has 1 aromatic carbocycles. The number of esters is 1. The first-order valence-electron chi connectivity index (χ1n) is 13.5. The van der Waals surface area contributed by atoms with E-state index in [0.717, 1.165) is 30.5 Å². The van der Waals surface area contributed by atoms with Crippen molar-refractivity contribution >= 4 is 5.97 Å². The van der Waals surface area contributed by atoms with Crippen LogP contribution in [0.5, 0.6) is 5.75 Å². The fourth-order valence-electron chi connectivity index (χ4n) is 4.13. The topological polar surface area (TPSA) is 39.2 Å². The Morgan fingerprint density at radius 2 is 1.27 bits per heavy atom. The zero-order chi connectivity index (χ0) is 23.6. The minimum atomic E-state index is -0.135. The molecule has 1 heterocycles. The fraction of sp³-hybridized carbons (Fsp3) is 0.600. The third kappa shape index (κ3) is 12.0. The van der Waals surface area contributed by atoms with E-state index in [4.69, 9.17) is 4.74 Å². The summed E-state index contributed by atoms with van der Waals surface area (Å²) in [6, 6.07) is 12.0. The van der Waals surface area contributed by atoms with E-state index in [1.54, 1.807) is 0 Å². The Hall–Kier alpha value is -2.16. The Kier molecular flexibility index (Phi) is 14.2. The Bertz CT molecular complexity index is 752. The molecule has 0 aliphatic heterocycles. The van der Waals surface area contributed by atoms with Crippen molar-refractivity contribution in [3.63, 3.8) is 0 Å². The molecule has 0 fully saturated rings. The molecular weight excluding hydrogens is 406 g/mol. The Morgan fingerprint density at radius 1 is 0.697 bits per heavy atom. The summed E-state index contributed by atoms with van der Waals surface area (Å²) in [5.41, 5.74) is 3.31. The maximum atomic E-state index is 12.1. The van der Waals surface area contributed by atoms with Gasteiger partial charge >= 0.3 is 5.97 Å². The smallest absolute Gasteiger partial charge is 0.311 e. The lowest BCUT2D eigenvalue weighted by atomic mass is 10.0. The molecule has 33 heavy (non-hydrogen) atoms. The summed E-state index contributed by atoms with van der Waals surface area (Å²) in [5, 5.41) is 0. The predicted molar refractivity (Wildman–Crippen MR) is 140 cm³/mol. The van der Waals surface area contributed by atoms with Crippen LogP contribution in [0.4, 0.5) is 0 Å². The lowest BCUT2D eigenvalue weighted by molar-refractivity contribution is -0.134. The number of rotatable bonds is 18. The van der Waals surface area contributed by atoms with Crippen LogP contribution in [0.2, 0.25) is 0 Å². The molecule has 0 aliphatic carbocycles. The lowest BCUT2D eigenvalue weighted by Gasteiger charge is -2.07.